The van der Waals surface area contributed by atoms with Gasteiger partial charge in [0.1, 0.15) is 0 Å². The zero-order valence-corrected chi connectivity index (χ0v) is 11.0. The van der Waals surface area contributed by atoms with Crippen LogP contribution in [0.5, 0.6) is 0 Å². The number of rotatable bonds is 8. The lowest BCUT2D eigenvalue weighted by atomic mass is 10.4. The van der Waals surface area contributed by atoms with E-state index in [1.807, 2.05) is 0 Å². The summed E-state index contributed by atoms with van der Waals surface area (Å²) < 4.78 is 21.6. The highest BCUT2D eigenvalue weighted by molar-refractivity contribution is 8.55. The molecule has 0 aliphatic heterocycles. The SMILES string of the molecule is CCOP(=O)(OC)SCCNC(C)C. The van der Waals surface area contributed by atoms with Gasteiger partial charge in [-0.05, 0) is 18.3 Å². The molecular weight excluding hydrogens is 221 g/mol. The van der Waals surface area contributed by atoms with E-state index in [-0.39, 0.29) is 0 Å². The minimum atomic E-state index is -2.88. The van der Waals surface area contributed by atoms with Gasteiger partial charge in [0, 0.05) is 25.4 Å². The molecule has 0 amide bonds. The molecular formula is C8H20NO3PS. The van der Waals surface area contributed by atoms with Crippen LogP contribution in [0.25, 0.3) is 0 Å². The summed E-state index contributed by atoms with van der Waals surface area (Å²) in [5, 5.41) is 3.23. The third kappa shape index (κ3) is 6.85. The lowest BCUT2D eigenvalue weighted by molar-refractivity contribution is 0.262. The van der Waals surface area contributed by atoms with E-state index >= 15 is 0 Å². The van der Waals surface area contributed by atoms with Crippen molar-refractivity contribution in [3.63, 3.8) is 0 Å². The van der Waals surface area contributed by atoms with Gasteiger partial charge in [-0.1, -0.05) is 13.8 Å². The minimum Gasteiger partial charge on any atom is -0.314 e. The molecule has 1 atom stereocenters. The van der Waals surface area contributed by atoms with Gasteiger partial charge in [-0.15, -0.1) is 0 Å². The van der Waals surface area contributed by atoms with Gasteiger partial charge in [-0.3, -0.25) is 0 Å². The van der Waals surface area contributed by atoms with Crippen LogP contribution in [0.3, 0.4) is 0 Å². The molecule has 1 unspecified atom stereocenters. The van der Waals surface area contributed by atoms with Gasteiger partial charge in [-0.25, -0.2) is 4.57 Å². The van der Waals surface area contributed by atoms with Crippen LogP contribution < -0.4 is 5.32 Å². The molecule has 0 aromatic carbocycles. The molecule has 1 N–H and O–H groups in total. The third-order valence-electron chi connectivity index (χ3n) is 1.41. The molecule has 0 saturated carbocycles. The van der Waals surface area contributed by atoms with Crippen LogP contribution in [0.4, 0.5) is 0 Å². The molecule has 86 valence electrons. The summed E-state index contributed by atoms with van der Waals surface area (Å²) in [4.78, 5) is 0. The third-order valence-corrected chi connectivity index (χ3v) is 5.40. The maximum atomic E-state index is 11.7. The Labute approximate surface area is 90.4 Å². The Kier molecular flexibility index (Phi) is 7.97. The zero-order chi connectivity index (χ0) is 11.0. The van der Waals surface area contributed by atoms with Crippen LogP contribution in [0.15, 0.2) is 0 Å². The molecule has 0 heterocycles. The zero-order valence-electron chi connectivity index (χ0n) is 9.28. The van der Waals surface area contributed by atoms with Gasteiger partial charge in [-0.2, -0.15) is 0 Å². The molecule has 0 aromatic rings. The average molecular weight is 241 g/mol. The van der Waals surface area contributed by atoms with Crippen molar-refractivity contribution in [1.29, 1.82) is 0 Å². The van der Waals surface area contributed by atoms with Crippen molar-refractivity contribution < 1.29 is 13.6 Å². The van der Waals surface area contributed by atoms with Crippen LogP contribution in [-0.2, 0) is 13.6 Å². The van der Waals surface area contributed by atoms with Crippen molar-refractivity contribution in [2.45, 2.75) is 26.8 Å². The van der Waals surface area contributed by atoms with Gasteiger partial charge in [0.2, 0.25) is 0 Å². The van der Waals surface area contributed by atoms with Crippen molar-refractivity contribution in [2.75, 3.05) is 26.0 Å². The molecule has 0 fully saturated rings. The van der Waals surface area contributed by atoms with E-state index in [9.17, 15) is 4.57 Å². The van der Waals surface area contributed by atoms with Crippen molar-refractivity contribution in [2.24, 2.45) is 0 Å². The van der Waals surface area contributed by atoms with E-state index < -0.39 is 6.80 Å². The molecule has 0 bridgehead atoms. The minimum absolute atomic E-state index is 0.412. The monoisotopic (exact) mass is 241 g/mol. The lowest BCUT2D eigenvalue weighted by Gasteiger charge is -2.14. The van der Waals surface area contributed by atoms with Crippen LogP contribution in [-0.4, -0.2) is 32.1 Å². The van der Waals surface area contributed by atoms with Crippen molar-refractivity contribution in [3.05, 3.63) is 0 Å². The summed E-state index contributed by atoms with van der Waals surface area (Å²) >= 11 is 1.24. The van der Waals surface area contributed by atoms with E-state index in [4.69, 9.17) is 9.05 Å². The fourth-order valence-corrected chi connectivity index (χ4v) is 3.64. The summed E-state index contributed by atoms with van der Waals surface area (Å²) in [6.45, 7) is 4.29. The molecule has 0 aliphatic rings. The van der Waals surface area contributed by atoms with Crippen molar-refractivity contribution in [1.82, 2.24) is 5.32 Å². The number of hydrogen-bond acceptors (Lipinski definition) is 5. The first-order valence-corrected chi connectivity index (χ1v) is 7.85. The fraction of sp³-hybridized carbons (Fsp3) is 1.00. The lowest BCUT2D eigenvalue weighted by Crippen LogP contribution is -2.24. The van der Waals surface area contributed by atoms with E-state index in [0.717, 1.165) is 12.3 Å². The van der Waals surface area contributed by atoms with Gasteiger partial charge >= 0.3 is 6.80 Å². The highest BCUT2D eigenvalue weighted by atomic mass is 32.7. The predicted octanol–water partition coefficient (Wildman–Crippen LogP) is 2.51. The first-order chi connectivity index (χ1) is 6.54. The van der Waals surface area contributed by atoms with Crippen LogP contribution in [0.1, 0.15) is 20.8 Å². The molecule has 6 heteroatoms. The molecule has 14 heavy (non-hydrogen) atoms. The highest BCUT2D eigenvalue weighted by Crippen LogP contribution is 2.59. The first kappa shape index (κ1) is 14.5. The van der Waals surface area contributed by atoms with E-state index in [1.165, 1.54) is 18.5 Å². The molecule has 0 aromatic heterocycles. The standard InChI is InChI=1S/C8H20NO3PS/c1-5-12-13(10,11-4)14-7-6-9-8(2)3/h8-9H,5-7H2,1-4H3. The Bertz CT molecular complexity index is 189. The Balaban J connectivity index is 3.67. The predicted molar refractivity (Wildman–Crippen MR) is 61.8 cm³/mol. The van der Waals surface area contributed by atoms with E-state index in [0.29, 0.717) is 12.6 Å². The number of hydrogen-bond donors (Lipinski definition) is 1. The molecule has 0 rings (SSSR count). The second kappa shape index (κ2) is 7.71. The maximum absolute atomic E-state index is 11.7. The fourth-order valence-electron chi connectivity index (χ4n) is 0.806. The summed E-state index contributed by atoms with van der Waals surface area (Å²) in [5.41, 5.74) is 0. The molecule has 0 radical (unpaired) electrons. The van der Waals surface area contributed by atoms with Crippen LogP contribution in [0, 0.1) is 0 Å². The van der Waals surface area contributed by atoms with Gasteiger partial charge in [0.25, 0.3) is 0 Å². The van der Waals surface area contributed by atoms with Crippen molar-refractivity contribution >= 4 is 18.2 Å². The van der Waals surface area contributed by atoms with Crippen LogP contribution >= 0.6 is 18.2 Å². The second-order valence-electron chi connectivity index (χ2n) is 2.99. The topological polar surface area (TPSA) is 47.6 Å². The highest BCUT2D eigenvalue weighted by Gasteiger charge is 2.22. The summed E-state index contributed by atoms with van der Waals surface area (Å²) in [6, 6.07) is 0.449. The second-order valence-corrected chi connectivity index (χ2v) is 7.29. The van der Waals surface area contributed by atoms with E-state index in [2.05, 4.69) is 19.2 Å². The summed E-state index contributed by atoms with van der Waals surface area (Å²) in [6.07, 6.45) is 0. The largest absolute Gasteiger partial charge is 0.388 e. The summed E-state index contributed by atoms with van der Waals surface area (Å²) in [5.74, 6) is 0.725. The van der Waals surface area contributed by atoms with Gasteiger partial charge in [0.15, 0.2) is 0 Å². The molecule has 0 aliphatic carbocycles. The first-order valence-electron chi connectivity index (χ1n) is 4.72. The molecule has 0 spiro atoms. The average Bonchev–Trinajstić information content (AvgIpc) is 2.13. The summed E-state index contributed by atoms with van der Waals surface area (Å²) in [7, 11) is 1.42. The smallest absolute Gasteiger partial charge is 0.314 e. The van der Waals surface area contributed by atoms with Gasteiger partial charge in [0.05, 0.1) is 6.61 Å². The van der Waals surface area contributed by atoms with Crippen molar-refractivity contribution in [3.8, 4) is 0 Å². The maximum Gasteiger partial charge on any atom is 0.388 e. The molecule has 0 saturated heterocycles. The molecule has 4 nitrogen and oxygen atoms in total. The Hall–Kier alpha value is 0.460. The van der Waals surface area contributed by atoms with Gasteiger partial charge < -0.3 is 14.4 Å². The van der Waals surface area contributed by atoms with E-state index in [1.54, 1.807) is 6.92 Å². The van der Waals surface area contributed by atoms with Crippen LogP contribution in [0.2, 0.25) is 0 Å². The Morgan fingerprint density at radius 2 is 2.14 bits per heavy atom. The quantitative estimate of drug-likeness (QED) is 0.522. The Morgan fingerprint density at radius 1 is 1.50 bits per heavy atom. The normalized spacial score (nSPS) is 15.8. The Morgan fingerprint density at radius 3 is 2.57 bits per heavy atom. The number of nitrogens with one attached hydrogen (secondary N) is 1.